The molecule has 1 amide bonds. The van der Waals surface area contributed by atoms with Gasteiger partial charge in [0.1, 0.15) is 6.04 Å². The standard InChI is InChI=1S/C15H24N2O3S2/c1-5-22(19,20)16-14(9-10-21-4)15(18)17(3)13-8-6-7-12(2)11-13/h6-8,11,14,16H,5,9-10H2,1-4H3. The summed E-state index contributed by atoms with van der Waals surface area (Å²) in [5.74, 6) is 0.436. The number of carbonyl (C=O) groups excluding carboxylic acids is 1. The fraction of sp³-hybridized carbons (Fsp3) is 0.533. The summed E-state index contributed by atoms with van der Waals surface area (Å²) >= 11 is 1.59. The van der Waals surface area contributed by atoms with Crippen molar-refractivity contribution in [2.45, 2.75) is 26.3 Å². The van der Waals surface area contributed by atoms with Crippen LogP contribution in [0.25, 0.3) is 0 Å². The number of hydrogen-bond donors (Lipinski definition) is 1. The van der Waals surface area contributed by atoms with Crippen molar-refractivity contribution < 1.29 is 13.2 Å². The zero-order valence-electron chi connectivity index (χ0n) is 13.5. The summed E-state index contributed by atoms with van der Waals surface area (Å²) in [5, 5.41) is 0. The summed E-state index contributed by atoms with van der Waals surface area (Å²) in [5.41, 5.74) is 1.81. The number of anilines is 1. The highest BCUT2D eigenvalue weighted by Crippen LogP contribution is 2.16. The van der Waals surface area contributed by atoms with Gasteiger partial charge in [-0.15, -0.1) is 0 Å². The minimum absolute atomic E-state index is 0.0375. The summed E-state index contributed by atoms with van der Waals surface area (Å²) in [7, 11) is -1.75. The molecule has 124 valence electrons. The van der Waals surface area contributed by atoms with Gasteiger partial charge in [0.15, 0.2) is 0 Å². The Bertz CT molecular complexity index is 603. The van der Waals surface area contributed by atoms with E-state index in [0.717, 1.165) is 11.3 Å². The summed E-state index contributed by atoms with van der Waals surface area (Å²) < 4.78 is 26.1. The SMILES string of the molecule is CCS(=O)(=O)NC(CCSC)C(=O)N(C)c1cccc(C)c1. The van der Waals surface area contributed by atoms with E-state index in [2.05, 4.69) is 4.72 Å². The summed E-state index contributed by atoms with van der Waals surface area (Å²) in [6.45, 7) is 3.51. The molecule has 0 saturated carbocycles. The first-order valence-electron chi connectivity index (χ1n) is 7.14. The number of carbonyl (C=O) groups is 1. The second kappa shape index (κ2) is 8.55. The summed E-state index contributed by atoms with van der Waals surface area (Å²) in [6.07, 6.45) is 2.40. The van der Waals surface area contributed by atoms with Gasteiger partial charge in [-0.05, 0) is 50.0 Å². The van der Waals surface area contributed by atoms with E-state index in [4.69, 9.17) is 0 Å². The van der Waals surface area contributed by atoms with Gasteiger partial charge in [-0.1, -0.05) is 12.1 Å². The van der Waals surface area contributed by atoms with Gasteiger partial charge in [-0.3, -0.25) is 4.79 Å². The number of thioether (sulfide) groups is 1. The van der Waals surface area contributed by atoms with Gasteiger partial charge in [0, 0.05) is 12.7 Å². The van der Waals surface area contributed by atoms with E-state index in [9.17, 15) is 13.2 Å². The van der Waals surface area contributed by atoms with Gasteiger partial charge in [-0.25, -0.2) is 13.1 Å². The average Bonchev–Trinajstić information content (AvgIpc) is 2.50. The number of aryl methyl sites for hydroxylation is 1. The largest absolute Gasteiger partial charge is 0.314 e. The predicted molar refractivity (Wildman–Crippen MR) is 94.0 cm³/mol. The molecule has 0 fully saturated rings. The average molecular weight is 345 g/mol. The maximum atomic E-state index is 12.6. The Morgan fingerprint density at radius 1 is 1.41 bits per heavy atom. The number of amides is 1. The van der Waals surface area contributed by atoms with E-state index in [1.807, 2.05) is 37.4 Å². The van der Waals surface area contributed by atoms with E-state index < -0.39 is 16.1 Å². The third-order valence-electron chi connectivity index (χ3n) is 3.33. The molecule has 1 aromatic carbocycles. The van der Waals surface area contributed by atoms with Crippen LogP contribution in [-0.4, -0.2) is 45.2 Å². The normalized spacial score (nSPS) is 12.9. The van der Waals surface area contributed by atoms with Crippen LogP contribution in [0.1, 0.15) is 18.9 Å². The minimum Gasteiger partial charge on any atom is -0.314 e. The van der Waals surface area contributed by atoms with Crippen LogP contribution in [0.4, 0.5) is 5.69 Å². The molecule has 1 aromatic rings. The number of sulfonamides is 1. The molecular formula is C15H24N2O3S2. The van der Waals surface area contributed by atoms with Gasteiger partial charge in [-0.2, -0.15) is 11.8 Å². The van der Waals surface area contributed by atoms with Crippen molar-refractivity contribution in [3.8, 4) is 0 Å². The molecule has 22 heavy (non-hydrogen) atoms. The van der Waals surface area contributed by atoms with E-state index in [-0.39, 0.29) is 11.7 Å². The first-order chi connectivity index (χ1) is 10.3. The predicted octanol–water partition coefficient (Wildman–Crippen LogP) is 2.02. The number of benzene rings is 1. The zero-order chi connectivity index (χ0) is 16.8. The number of nitrogens with one attached hydrogen (secondary N) is 1. The molecule has 7 heteroatoms. The van der Waals surface area contributed by atoms with Gasteiger partial charge < -0.3 is 4.90 Å². The van der Waals surface area contributed by atoms with Crippen molar-refractivity contribution in [3.05, 3.63) is 29.8 Å². The molecule has 0 aliphatic carbocycles. The van der Waals surface area contributed by atoms with Crippen LogP contribution in [0.15, 0.2) is 24.3 Å². The van der Waals surface area contributed by atoms with Crippen LogP contribution < -0.4 is 9.62 Å². The molecule has 5 nitrogen and oxygen atoms in total. The molecule has 1 rings (SSSR count). The molecule has 1 atom stereocenters. The Balaban J connectivity index is 2.95. The van der Waals surface area contributed by atoms with Crippen LogP contribution in [0, 0.1) is 6.92 Å². The molecule has 0 bridgehead atoms. The fourth-order valence-electron chi connectivity index (χ4n) is 1.97. The molecule has 0 saturated heterocycles. The van der Waals surface area contributed by atoms with Crippen molar-refractivity contribution in [3.63, 3.8) is 0 Å². The molecule has 0 aromatic heterocycles. The van der Waals surface area contributed by atoms with E-state index >= 15 is 0 Å². The van der Waals surface area contributed by atoms with Gasteiger partial charge >= 0.3 is 0 Å². The summed E-state index contributed by atoms with van der Waals surface area (Å²) in [4.78, 5) is 14.2. The maximum Gasteiger partial charge on any atom is 0.244 e. The molecule has 0 aliphatic rings. The van der Waals surface area contributed by atoms with Crippen molar-refractivity contribution >= 4 is 33.4 Å². The molecule has 0 aliphatic heterocycles. The highest BCUT2D eigenvalue weighted by Gasteiger charge is 2.26. The van der Waals surface area contributed by atoms with Gasteiger partial charge in [0.2, 0.25) is 15.9 Å². The Morgan fingerprint density at radius 3 is 2.64 bits per heavy atom. The molecule has 1 unspecified atom stereocenters. The van der Waals surface area contributed by atoms with E-state index in [1.54, 1.807) is 25.7 Å². The quantitative estimate of drug-likeness (QED) is 0.783. The first-order valence-corrected chi connectivity index (χ1v) is 10.2. The van der Waals surface area contributed by atoms with Crippen LogP contribution >= 0.6 is 11.8 Å². The highest BCUT2D eigenvalue weighted by atomic mass is 32.2. The number of rotatable bonds is 8. The Labute approximate surface area is 137 Å². The smallest absolute Gasteiger partial charge is 0.244 e. The molecule has 0 heterocycles. The second-order valence-electron chi connectivity index (χ2n) is 5.09. The van der Waals surface area contributed by atoms with Crippen LogP contribution in [0.2, 0.25) is 0 Å². The van der Waals surface area contributed by atoms with Crippen LogP contribution in [-0.2, 0) is 14.8 Å². The maximum absolute atomic E-state index is 12.6. The van der Waals surface area contributed by atoms with Crippen molar-refractivity contribution in [1.82, 2.24) is 4.72 Å². The number of hydrogen-bond acceptors (Lipinski definition) is 4. The fourth-order valence-corrected chi connectivity index (χ4v) is 3.26. The lowest BCUT2D eigenvalue weighted by Crippen LogP contribution is -2.48. The van der Waals surface area contributed by atoms with Crippen molar-refractivity contribution in [1.29, 1.82) is 0 Å². The second-order valence-corrected chi connectivity index (χ2v) is 8.12. The summed E-state index contributed by atoms with van der Waals surface area (Å²) in [6, 6.07) is 6.83. The minimum atomic E-state index is -3.42. The number of likely N-dealkylation sites (N-methyl/N-ethyl adjacent to an activating group) is 1. The highest BCUT2D eigenvalue weighted by molar-refractivity contribution is 7.98. The first kappa shape index (κ1) is 19.0. The van der Waals surface area contributed by atoms with Crippen molar-refractivity contribution in [2.24, 2.45) is 0 Å². The van der Waals surface area contributed by atoms with Gasteiger partial charge in [0.05, 0.1) is 5.75 Å². The zero-order valence-corrected chi connectivity index (χ0v) is 15.1. The molecule has 0 spiro atoms. The third-order valence-corrected chi connectivity index (χ3v) is 5.38. The number of nitrogens with zero attached hydrogens (tertiary/aromatic N) is 1. The molecule has 0 radical (unpaired) electrons. The lowest BCUT2D eigenvalue weighted by molar-refractivity contribution is -0.119. The van der Waals surface area contributed by atoms with Gasteiger partial charge in [0.25, 0.3) is 0 Å². The Morgan fingerprint density at radius 2 is 2.09 bits per heavy atom. The van der Waals surface area contributed by atoms with E-state index in [1.165, 1.54) is 4.90 Å². The van der Waals surface area contributed by atoms with Crippen LogP contribution in [0.5, 0.6) is 0 Å². The lowest BCUT2D eigenvalue weighted by Gasteiger charge is -2.24. The monoisotopic (exact) mass is 344 g/mol. The van der Waals surface area contributed by atoms with Crippen LogP contribution in [0.3, 0.4) is 0 Å². The Hall–Kier alpha value is -1.05. The van der Waals surface area contributed by atoms with E-state index in [0.29, 0.717) is 12.2 Å². The third kappa shape index (κ3) is 5.62. The Kier molecular flexibility index (Phi) is 7.38. The van der Waals surface area contributed by atoms with Crippen molar-refractivity contribution in [2.75, 3.05) is 29.7 Å². The topological polar surface area (TPSA) is 66.5 Å². The lowest BCUT2D eigenvalue weighted by atomic mass is 10.1. The molecular weight excluding hydrogens is 320 g/mol. The molecule has 1 N–H and O–H groups in total.